The van der Waals surface area contributed by atoms with Crippen LogP contribution in [0.3, 0.4) is 0 Å². The molecule has 0 atom stereocenters. The van der Waals surface area contributed by atoms with Crippen molar-refractivity contribution in [2.75, 3.05) is 44.7 Å². The lowest BCUT2D eigenvalue weighted by molar-refractivity contribution is 0.0697. The largest absolute Gasteiger partial charge is 0.493 e. The van der Waals surface area contributed by atoms with E-state index in [-0.39, 0.29) is 7.43 Å². The molecule has 39 heavy (non-hydrogen) atoms. The van der Waals surface area contributed by atoms with Gasteiger partial charge in [-0.3, -0.25) is 0 Å². The van der Waals surface area contributed by atoms with E-state index in [1.165, 1.54) is 92.4 Å². The number of ether oxygens (including phenoxy) is 1. The quantitative estimate of drug-likeness (QED) is 0.322. The van der Waals surface area contributed by atoms with Gasteiger partial charge in [-0.15, -0.1) is 0 Å². The van der Waals surface area contributed by atoms with E-state index in [2.05, 4.69) is 45.7 Å². The van der Waals surface area contributed by atoms with Gasteiger partial charge in [0, 0.05) is 54.9 Å². The SMILES string of the molecule is C.CN1CCn2c(c(C3CCCCC3)c3ccc(C(=O)O)cc32)-c2ccc(OCCCN3CCCCC3)cc21. The zero-order valence-corrected chi connectivity index (χ0v) is 22.8. The zero-order chi connectivity index (χ0) is 26.1. The van der Waals surface area contributed by atoms with Gasteiger partial charge in [0.05, 0.1) is 17.9 Å². The zero-order valence-electron chi connectivity index (χ0n) is 22.8. The summed E-state index contributed by atoms with van der Waals surface area (Å²) in [6.45, 7) is 6.02. The molecule has 3 aliphatic rings. The molecule has 0 amide bonds. The van der Waals surface area contributed by atoms with Gasteiger partial charge < -0.3 is 24.2 Å². The molecule has 0 radical (unpaired) electrons. The van der Waals surface area contributed by atoms with E-state index in [0.29, 0.717) is 11.5 Å². The number of likely N-dealkylation sites (N-methyl/N-ethyl adjacent to an activating group) is 1. The molecule has 1 N–H and O–H groups in total. The lowest BCUT2D eigenvalue weighted by Gasteiger charge is -2.26. The minimum absolute atomic E-state index is 0. The predicted molar refractivity (Wildman–Crippen MR) is 161 cm³/mol. The summed E-state index contributed by atoms with van der Waals surface area (Å²) in [7, 11) is 2.16. The molecule has 2 aromatic carbocycles. The Kier molecular flexibility index (Phi) is 8.51. The first-order valence-corrected chi connectivity index (χ1v) is 14.7. The fraction of sp³-hybridized carbons (Fsp3) is 0.545. The van der Waals surface area contributed by atoms with Crippen LogP contribution in [0.15, 0.2) is 36.4 Å². The molecule has 210 valence electrons. The number of likely N-dealkylation sites (tertiary alicyclic amines) is 1. The summed E-state index contributed by atoms with van der Waals surface area (Å²) < 4.78 is 8.66. The number of hydrogen-bond donors (Lipinski definition) is 1. The highest BCUT2D eigenvalue weighted by molar-refractivity contribution is 5.99. The number of fused-ring (bicyclic) bond motifs is 5. The Labute approximate surface area is 233 Å². The monoisotopic (exact) mass is 531 g/mol. The predicted octanol–water partition coefficient (Wildman–Crippen LogP) is 7.39. The average molecular weight is 532 g/mol. The minimum Gasteiger partial charge on any atom is -0.493 e. The molecule has 2 fully saturated rings. The summed E-state index contributed by atoms with van der Waals surface area (Å²) in [4.78, 5) is 16.7. The lowest BCUT2D eigenvalue weighted by atomic mass is 9.81. The third kappa shape index (κ3) is 5.54. The summed E-state index contributed by atoms with van der Waals surface area (Å²) in [5.41, 5.74) is 6.56. The molecule has 2 aliphatic heterocycles. The van der Waals surface area contributed by atoms with Crippen molar-refractivity contribution in [2.24, 2.45) is 0 Å². The number of nitrogens with zero attached hydrogens (tertiary/aromatic N) is 3. The Morgan fingerprint density at radius 1 is 0.949 bits per heavy atom. The number of anilines is 1. The number of carbonyl (C=O) groups is 1. The summed E-state index contributed by atoms with van der Waals surface area (Å²) in [6, 6.07) is 12.3. The van der Waals surface area contributed by atoms with Crippen molar-refractivity contribution < 1.29 is 14.6 Å². The maximum absolute atomic E-state index is 11.8. The second kappa shape index (κ2) is 12.0. The van der Waals surface area contributed by atoms with Gasteiger partial charge in [-0.05, 0) is 80.9 Å². The van der Waals surface area contributed by atoms with Crippen molar-refractivity contribution in [3.8, 4) is 17.0 Å². The maximum Gasteiger partial charge on any atom is 0.335 e. The average Bonchev–Trinajstić information content (AvgIpc) is 3.20. The van der Waals surface area contributed by atoms with Crippen molar-refractivity contribution in [3.63, 3.8) is 0 Å². The number of hydrogen-bond acceptors (Lipinski definition) is 4. The molecular weight excluding hydrogens is 486 g/mol. The van der Waals surface area contributed by atoms with Gasteiger partial charge in [-0.1, -0.05) is 39.2 Å². The van der Waals surface area contributed by atoms with Crippen LogP contribution in [0, 0.1) is 0 Å². The molecular formula is C33H45N3O3. The Hall–Kier alpha value is -2.99. The highest BCUT2D eigenvalue weighted by Gasteiger charge is 2.30. The first-order valence-electron chi connectivity index (χ1n) is 14.7. The van der Waals surface area contributed by atoms with Gasteiger partial charge in [-0.25, -0.2) is 4.79 Å². The van der Waals surface area contributed by atoms with Crippen LogP contribution >= 0.6 is 0 Å². The van der Waals surface area contributed by atoms with Crippen molar-refractivity contribution in [2.45, 2.75) is 77.7 Å². The second-order valence-electron chi connectivity index (χ2n) is 11.5. The summed E-state index contributed by atoms with van der Waals surface area (Å²) >= 11 is 0. The molecule has 0 spiro atoms. The molecule has 3 heterocycles. The van der Waals surface area contributed by atoms with Crippen molar-refractivity contribution >= 4 is 22.6 Å². The normalized spacial score (nSPS) is 18.2. The van der Waals surface area contributed by atoms with Crippen LogP contribution in [0.2, 0.25) is 0 Å². The number of carboxylic acids is 1. The first-order chi connectivity index (χ1) is 18.6. The minimum atomic E-state index is -0.866. The fourth-order valence-corrected chi connectivity index (χ4v) is 6.99. The number of rotatable bonds is 7. The fourth-order valence-electron chi connectivity index (χ4n) is 6.99. The Bertz CT molecular complexity index is 1300. The van der Waals surface area contributed by atoms with Gasteiger partial charge >= 0.3 is 5.97 Å². The molecule has 0 bridgehead atoms. The number of aromatic carboxylic acids is 1. The van der Waals surface area contributed by atoms with Crippen LogP contribution in [0.25, 0.3) is 22.2 Å². The molecule has 6 nitrogen and oxygen atoms in total. The first kappa shape index (κ1) is 27.6. The molecule has 6 rings (SSSR count). The number of benzene rings is 2. The Morgan fingerprint density at radius 3 is 2.49 bits per heavy atom. The van der Waals surface area contributed by atoms with Crippen molar-refractivity contribution in [1.82, 2.24) is 9.47 Å². The van der Waals surface area contributed by atoms with Gasteiger partial charge in [-0.2, -0.15) is 0 Å². The number of piperidine rings is 1. The smallest absolute Gasteiger partial charge is 0.335 e. The molecule has 1 saturated heterocycles. The topological polar surface area (TPSA) is 57.9 Å². The van der Waals surface area contributed by atoms with Gasteiger partial charge in [0.15, 0.2) is 0 Å². The molecule has 6 heteroatoms. The maximum atomic E-state index is 11.8. The van der Waals surface area contributed by atoms with E-state index < -0.39 is 5.97 Å². The molecule has 1 saturated carbocycles. The van der Waals surface area contributed by atoms with E-state index in [1.54, 1.807) is 6.07 Å². The second-order valence-corrected chi connectivity index (χ2v) is 11.5. The van der Waals surface area contributed by atoms with E-state index >= 15 is 0 Å². The van der Waals surface area contributed by atoms with Crippen LogP contribution in [-0.4, -0.2) is 60.4 Å². The highest BCUT2D eigenvalue weighted by atomic mass is 16.5. The van der Waals surface area contributed by atoms with Gasteiger partial charge in [0.1, 0.15) is 5.75 Å². The van der Waals surface area contributed by atoms with Crippen LogP contribution in [0.1, 0.15) is 87.1 Å². The molecule has 0 unspecified atom stereocenters. The Balaban J connectivity index is 0.00000308. The summed E-state index contributed by atoms with van der Waals surface area (Å²) in [6.07, 6.45) is 11.3. The van der Waals surface area contributed by atoms with Gasteiger partial charge in [0.25, 0.3) is 0 Å². The van der Waals surface area contributed by atoms with E-state index in [4.69, 9.17) is 4.74 Å². The van der Waals surface area contributed by atoms with E-state index in [1.807, 2.05) is 6.07 Å². The van der Waals surface area contributed by atoms with Crippen molar-refractivity contribution in [3.05, 3.63) is 47.5 Å². The third-order valence-electron chi connectivity index (χ3n) is 8.99. The standard InChI is InChI=1S/C32H41N3O3.CH4/c1-33-18-19-35-29-21-24(32(36)37)11-13-26(29)30(23-9-4-2-5-10-23)31(35)27-14-12-25(22-28(27)33)38-20-8-17-34-15-6-3-7-16-34;/h11-14,21-23H,2-10,15-20H2,1H3,(H,36,37);1H4. The van der Waals surface area contributed by atoms with E-state index in [0.717, 1.165) is 43.9 Å². The molecule has 1 aromatic heterocycles. The third-order valence-corrected chi connectivity index (χ3v) is 8.99. The molecule has 3 aromatic rings. The number of aromatic nitrogens is 1. The van der Waals surface area contributed by atoms with Crippen LogP contribution in [0.4, 0.5) is 5.69 Å². The lowest BCUT2D eigenvalue weighted by Crippen LogP contribution is -2.31. The molecule has 1 aliphatic carbocycles. The van der Waals surface area contributed by atoms with Crippen LogP contribution in [0.5, 0.6) is 5.75 Å². The van der Waals surface area contributed by atoms with Crippen LogP contribution < -0.4 is 9.64 Å². The Morgan fingerprint density at radius 2 is 1.72 bits per heavy atom. The highest BCUT2D eigenvalue weighted by Crippen LogP contribution is 2.47. The van der Waals surface area contributed by atoms with Crippen LogP contribution in [-0.2, 0) is 6.54 Å². The van der Waals surface area contributed by atoms with Crippen molar-refractivity contribution in [1.29, 1.82) is 0 Å². The number of carboxylic acid groups (broad SMARTS) is 1. The van der Waals surface area contributed by atoms with Gasteiger partial charge in [0.2, 0.25) is 0 Å². The summed E-state index contributed by atoms with van der Waals surface area (Å²) in [5, 5.41) is 10.9. The summed E-state index contributed by atoms with van der Waals surface area (Å²) in [5.74, 6) is 0.584. The van der Waals surface area contributed by atoms with E-state index in [9.17, 15) is 9.90 Å².